The number of aryl methyl sites for hydroxylation is 1. The number of H-pyrrole nitrogens is 1. The Balaban J connectivity index is 2.22. The van der Waals surface area contributed by atoms with Crippen LogP contribution in [0, 0.1) is 6.92 Å². The van der Waals surface area contributed by atoms with Gasteiger partial charge in [0.05, 0.1) is 18.2 Å². The van der Waals surface area contributed by atoms with Gasteiger partial charge in [0.25, 0.3) is 0 Å². The van der Waals surface area contributed by atoms with Crippen LogP contribution in [-0.4, -0.2) is 23.0 Å². The number of para-hydroxylation sites is 1. The molecule has 0 aliphatic carbocycles. The molecule has 21 heavy (non-hydrogen) atoms. The Kier molecular flexibility index (Phi) is 3.51. The minimum absolute atomic E-state index is 0.385. The largest absolute Gasteiger partial charge is 0.465 e. The number of nitrogens with zero attached hydrogens (tertiary/aromatic N) is 1. The number of benzene rings is 2. The number of imidazole rings is 1. The lowest BCUT2D eigenvalue weighted by Crippen LogP contribution is -2.01. The first-order valence-electron chi connectivity index (χ1n) is 6.43. The van der Waals surface area contributed by atoms with Gasteiger partial charge in [-0.3, -0.25) is 0 Å². The van der Waals surface area contributed by atoms with E-state index in [0.29, 0.717) is 11.1 Å². The number of methoxy groups -OCH3 is 1. The summed E-state index contributed by atoms with van der Waals surface area (Å²) in [5.41, 5.74) is 4.00. The maximum Gasteiger partial charge on any atom is 0.340 e. The molecule has 0 bridgehead atoms. The van der Waals surface area contributed by atoms with Crippen LogP contribution in [0.3, 0.4) is 0 Å². The second kappa shape index (κ2) is 5.33. The predicted molar refractivity (Wildman–Crippen MR) is 85.3 cm³/mol. The number of carbonyl (C=O) groups excluding carboxylic acids is 1. The van der Waals surface area contributed by atoms with E-state index in [1.165, 1.54) is 7.11 Å². The number of ether oxygens (including phenoxy) is 1. The molecule has 0 aliphatic rings. The standard InChI is InChI=1S/C16H13BrN2O2/c1-9-6-7-10(17)8-12(9)15-18-13-5-3-4-11(14(13)19-15)16(20)21-2/h3-8H,1-2H3,(H,18,19). The van der Waals surface area contributed by atoms with Crippen molar-refractivity contribution in [2.75, 3.05) is 7.11 Å². The smallest absolute Gasteiger partial charge is 0.340 e. The zero-order valence-electron chi connectivity index (χ0n) is 11.6. The fraction of sp³-hybridized carbons (Fsp3) is 0.125. The number of nitrogens with one attached hydrogen (secondary N) is 1. The van der Waals surface area contributed by atoms with Crippen molar-refractivity contribution in [1.82, 2.24) is 9.97 Å². The number of halogens is 1. The molecule has 5 heteroatoms. The number of hydrogen-bond acceptors (Lipinski definition) is 3. The van der Waals surface area contributed by atoms with Crippen LogP contribution < -0.4 is 0 Å². The average Bonchev–Trinajstić information content (AvgIpc) is 2.92. The van der Waals surface area contributed by atoms with Crippen molar-refractivity contribution in [3.63, 3.8) is 0 Å². The highest BCUT2D eigenvalue weighted by atomic mass is 79.9. The average molecular weight is 345 g/mol. The summed E-state index contributed by atoms with van der Waals surface area (Å²) in [5.74, 6) is 0.352. The Morgan fingerprint density at radius 1 is 1.29 bits per heavy atom. The molecule has 106 valence electrons. The first-order chi connectivity index (χ1) is 10.1. The molecule has 2 aromatic carbocycles. The number of carbonyl (C=O) groups is 1. The quantitative estimate of drug-likeness (QED) is 0.712. The maximum absolute atomic E-state index is 11.8. The molecule has 0 unspecified atom stereocenters. The summed E-state index contributed by atoms with van der Waals surface area (Å²) >= 11 is 3.47. The SMILES string of the molecule is COC(=O)c1cccc2[nH]c(-c3cc(Br)ccc3C)nc12. The molecular formula is C16H13BrN2O2. The first kappa shape index (κ1) is 13.8. The van der Waals surface area contributed by atoms with E-state index in [1.807, 2.05) is 37.3 Å². The van der Waals surface area contributed by atoms with Crippen LogP contribution in [0.15, 0.2) is 40.9 Å². The van der Waals surface area contributed by atoms with Crippen LogP contribution in [0.5, 0.6) is 0 Å². The van der Waals surface area contributed by atoms with Crippen LogP contribution in [0.25, 0.3) is 22.4 Å². The van der Waals surface area contributed by atoms with Crippen LogP contribution in [0.4, 0.5) is 0 Å². The normalized spacial score (nSPS) is 10.8. The topological polar surface area (TPSA) is 55.0 Å². The van der Waals surface area contributed by atoms with E-state index in [0.717, 1.165) is 26.9 Å². The number of aromatic amines is 1. The summed E-state index contributed by atoms with van der Waals surface area (Å²) in [5, 5.41) is 0. The molecule has 1 N–H and O–H groups in total. The lowest BCUT2D eigenvalue weighted by atomic mass is 10.1. The van der Waals surface area contributed by atoms with Crippen LogP contribution in [-0.2, 0) is 4.74 Å². The molecule has 0 fully saturated rings. The molecule has 0 amide bonds. The number of rotatable bonds is 2. The van der Waals surface area contributed by atoms with Crippen LogP contribution in [0.2, 0.25) is 0 Å². The molecule has 0 saturated carbocycles. The van der Waals surface area contributed by atoms with E-state index in [2.05, 4.69) is 25.9 Å². The van der Waals surface area contributed by atoms with Gasteiger partial charge in [0.1, 0.15) is 11.3 Å². The number of aromatic nitrogens is 2. The van der Waals surface area contributed by atoms with Crippen molar-refractivity contribution in [2.45, 2.75) is 6.92 Å². The van der Waals surface area contributed by atoms with Gasteiger partial charge in [0, 0.05) is 10.0 Å². The first-order valence-corrected chi connectivity index (χ1v) is 7.23. The Bertz CT molecular complexity index is 839. The fourth-order valence-corrected chi connectivity index (χ4v) is 2.64. The van der Waals surface area contributed by atoms with E-state index in [-0.39, 0.29) is 5.97 Å². The number of fused-ring (bicyclic) bond motifs is 1. The van der Waals surface area contributed by atoms with Gasteiger partial charge < -0.3 is 9.72 Å². The second-order valence-corrected chi connectivity index (χ2v) is 5.65. The summed E-state index contributed by atoms with van der Waals surface area (Å²) in [6.45, 7) is 2.02. The minimum Gasteiger partial charge on any atom is -0.465 e. The van der Waals surface area contributed by atoms with Gasteiger partial charge in [-0.15, -0.1) is 0 Å². The Morgan fingerprint density at radius 3 is 2.86 bits per heavy atom. The van der Waals surface area contributed by atoms with Gasteiger partial charge in [-0.1, -0.05) is 28.1 Å². The third kappa shape index (κ3) is 2.45. The third-order valence-corrected chi connectivity index (χ3v) is 3.87. The van der Waals surface area contributed by atoms with E-state index < -0.39 is 0 Å². The second-order valence-electron chi connectivity index (χ2n) is 4.74. The van der Waals surface area contributed by atoms with E-state index >= 15 is 0 Å². The Hall–Kier alpha value is -2.14. The highest BCUT2D eigenvalue weighted by Gasteiger charge is 2.15. The zero-order chi connectivity index (χ0) is 15.0. The molecule has 0 spiro atoms. The maximum atomic E-state index is 11.8. The summed E-state index contributed by atoms with van der Waals surface area (Å²) in [4.78, 5) is 19.6. The van der Waals surface area contributed by atoms with Crippen molar-refractivity contribution in [1.29, 1.82) is 0 Å². The van der Waals surface area contributed by atoms with Gasteiger partial charge in [-0.05, 0) is 36.8 Å². The monoisotopic (exact) mass is 344 g/mol. The van der Waals surface area contributed by atoms with E-state index in [4.69, 9.17) is 4.74 Å². The number of esters is 1. The molecule has 3 aromatic rings. The third-order valence-electron chi connectivity index (χ3n) is 3.37. The van der Waals surface area contributed by atoms with Crippen LogP contribution >= 0.6 is 15.9 Å². The lowest BCUT2D eigenvalue weighted by Gasteiger charge is -2.02. The van der Waals surface area contributed by atoms with Crippen molar-refractivity contribution >= 4 is 32.9 Å². The minimum atomic E-state index is -0.385. The Morgan fingerprint density at radius 2 is 2.10 bits per heavy atom. The molecule has 0 aliphatic heterocycles. The molecule has 1 aromatic heterocycles. The highest BCUT2D eigenvalue weighted by Crippen LogP contribution is 2.27. The van der Waals surface area contributed by atoms with Crippen LogP contribution in [0.1, 0.15) is 15.9 Å². The molecule has 3 rings (SSSR count). The van der Waals surface area contributed by atoms with Gasteiger partial charge in [0.2, 0.25) is 0 Å². The molecule has 4 nitrogen and oxygen atoms in total. The van der Waals surface area contributed by atoms with Gasteiger partial charge >= 0.3 is 5.97 Å². The van der Waals surface area contributed by atoms with Crippen molar-refractivity contribution < 1.29 is 9.53 Å². The predicted octanol–water partition coefficient (Wildman–Crippen LogP) is 4.09. The van der Waals surface area contributed by atoms with Crippen molar-refractivity contribution in [3.8, 4) is 11.4 Å². The zero-order valence-corrected chi connectivity index (χ0v) is 13.2. The lowest BCUT2D eigenvalue weighted by molar-refractivity contribution is 0.0603. The molecule has 1 heterocycles. The molecule has 0 radical (unpaired) electrons. The Labute approximate surface area is 130 Å². The number of hydrogen-bond donors (Lipinski definition) is 1. The summed E-state index contributed by atoms with van der Waals surface area (Å²) in [6.07, 6.45) is 0. The van der Waals surface area contributed by atoms with Gasteiger partial charge in [-0.25, -0.2) is 9.78 Å². The molecule has 0 saturated heterocycles. The summed E-state index contributed by atoms with van der Waals surface area (Å²) in [6, 6.07) is 11.4. The van der Waals surface area contributed by atoms with Gasteiger partial charge in [-0.2, -0.15) is 0 Å². The molecule has 0 atom stereocenters. The van der Waals surface area contributed by atoms with Crippen molar-refractivity contribution in [3.05, 3.63) is 52.0 Å². The van der Waals surface area contributed by atoms with E-state index in [1.54, 1.807) is 6.07 Å². The highest BCUT2D eigenvalue weighted by molar-refractivity contribution is 9.10. The fourth-order valence-electron chi connectivity index (χ4n) is 2.28. The van der Waals surface area contributed by atoms with Crippen molar-refractivity contribution in [2.24, 2.45) is 0 Å². The molecular weight excluding hydrogens is 332 g/mol. The van der Waals surface area contributed by atoms with E-state index in [9.17, 15) is 4.79 Å². The summed E-state index contributed by atoms with van der Waals surface area (Å²) < 4.78 is 5.78. The summed E-state index contributed by atoms with van der Waals surface area (Å²) in [7, 11) is 1.37. The van der Waals surface area contributed by atoms with Gasteiger partial charge in [0.15, 0.2) is 0 Å².